The Labute approximate surface area is 144 Å². The number of unbranched alkanes of at least 4 members (excludes halogenated alkanes) is 1. The maximum absolute atomic E-state index is 11.7. The summed E-state index contributed by atoms with van der Waals surface area (Å²) in [6, 6.07) is 3.82. The molecule has 24 heavy (non-hydrogen) atoms. The van der Waals surface area contributed by atoms with Crippen LogP contribution in [0.5, 0.6) is 5.88 Å². The van der Waals surface area contributed by atoms with Crippen LogP contribution in [0, 0.1) is 0 Å². The van der Waals surface area contributed by atoms with Gasteiger partial charge in [0.25, 0.3) is 0 Å². The number of amides is 1. The summed E-state index contributed by atoms with van der Waals surface area (Å²) < 4.78 is 5.72. The molecule has 1 aromatic heterocycles. The Hall–Kier alpha value is -2.31. The lowest BCUT2D eigenvalue weighted by Crippen LogP contribution is -2.42. The summed E-state index contributed by atoms with van der Waals surface area (Å²) in [5, 5.41) is 6.16. The zero-order chi connectivity index (χ0) is 17.8. The molecule has 0 saturated carbocycles. The molecule has 0 aliphatic carbocycles. The van der Waals surface area contributed by atoms with Gasteiger partial charge in [-0.25, -0.2) is 9.98 Å². The molecule has 134 valence electrons. The zero-order valence-electron chi connectivity index (χ0n) is 15.1. The number of carbonyl (C=O) groups excluding carboxylic acids is 1. The van der Waals surface area contributed by atoms with Crippen molar-refractivity contribution in [3.63, 3.8) is 0 Å². The van der Waals surface area contributed by atoms with Crippen LogP contribution in [0.1, 0.15) is 32.3 Å². The molecule has 0 atom stereocenters. The summed E-state index contributed by atoms with van der Waals surface area (Å²) in [6.07, 6.45) is 3.79. The van der Waals surface area contributed by atoms with E-state index in [1.54, 1.807) is 20.3 Å². The summed E-state index contributed by atoms with van der Waals surface area (Å²) >= 11 is 0. The van der Waals surface area contributed by atoms with E-state index in [1.807, 2.05) is 19.1 Å². The Kier molecular flexibility index (Phi) is 9.26. The van der Waals surface area contributed by atoms with Crippen molar-refractivity contribution in [2.24, 2.45) is 4.99 Å². The van der Waals surface area contributed by atoms with Crippen molar-refractivity contribution < 1.29 is 9.53 Å². The van der Waals surface area contributed by atoms with Crippen LogP contribution in [-0.2, 0) is 11.3 Å². The Morgan fingerprint density at radius 2 is 2.12 bits per heavy atom. The molecule has 2 N–H and O–H groups in total. The lowest BCUT2D eigenvalue weighted by atomic mass is 10.2. The van der Waals surface area contributed by atoms with Crippen LogP contribution in [-0.4, -0.2) is 55.5 Å². The van der Waals surface area contributed by atoms with Gasteiger partial charge in [-0.1, -0.05) is 19.4 Å². The first-order valence-electron chi connectivity index (χ1n) is 8.37. The number of likely N-dealkylation sites (N-methyl/N-ethyl adjacent to an activating group) is 1. The van der Waals surface area contributed by atoms with E-state index in [4.69, 9.17) is 4.74 Å². The molecule has 1 rings (SSSR count). The van der Waals surface area contributed by atoms with Gasteiger partial charge in [-0.3, -0.25) is 4.79 Å². The molecule has 0 fully saturated rings. The first-order valence-corrected chi connectivity index (χ1v) is 8.37. The van der Waals surface area contributed by atoms with Gasteiger partial charge in [0.1, 0.15) is 0 Å². The predicted molar refractivity (Wildman–Crippen MR) is 96.2 cm³/mol. The monoisotopic (exact) mass is 335 g/mol. The smallest absolute Gasteiger partial charge is 0.241 e. The van der Waals surface area contributed by atoms with Gasteiger partial charge in [-0.2, -0.15) is 0 Å². The molecule has 0 bridgehead atoms. The highest BCUT2D eigenvalue weighted by Gasteiger charge is 2.07. The average Bonchev–Trinajstić information content (AvgIpc) is 2.58. The summed E-state index contributed by atoms with van der Waals surface area (Å²) in [4.78, 5) is 22.0. The second kappa shape index (κ2) is 11.3. The molecule has 0 unspecified atom stereocenters. The van der Waals surface area contributed by atoms with E-state index in [2.05, 4.69) is 27.5 Å². The number of carbonyl (C=O) groups is 1. The van der Waals surface area contributed by atoms with Gasteiger partial charge < -0.3 is 20.3 Å². The summed E-state index contributed by atoms with van der Waals surface area (Å²) in [7, 11) is 3.45. The average molecular weight is 335 g/mol. The van der Waals surface area contributed by atoms with Crippen LogP contribution in [0.3, 0.4) is 0 Å². The molecule has 7 nitrogen and oxygen atoms in total. The fourth-order valence-corrected chi connectivity index (χ4v) is 1.81. The fraction of sp³-hybridized carbons (Fsp3) is 0.588. The number of rotatable bonds is 9. The summed E-state index contributed by atoms with van der Waals surface area (Å²) in [6.45, 7) is 6.10. The standard InChI is InChI=1S/C17H29N5O2/c1-5-7-11-24-16-14(9-8-10-19-16)12-20-17(18-6-2)21-13-15(23)22(3)4/h8-10H,5-7,11-13H2,1-4H3,(H2,18,20,21). The number of nitrogens with zero attached hydrogens (tertiary/aromatic N) is 3. The van der Waals surface area contributed by atoms with Gasteiger partial charge in [0.2, 0.25) is 11.8 Å². The highest BCUT2D eigenvalue weighted by Crippen LogP contribution is 2.15. The Morgan fingerprint density at radius 3 is 2.79 bits per heavy atom. The van der Waals surface area contributed by atoms with E-state index in [1.165, 1.54) is 4.90 Å². The van der Waals surface area contributed by atoms with Crippen LogP contribution in [0.2, 0.25) is 0 Å². The molecule has 0 aliphatic rings. The van der Waals surface area contributed by atoms with Crippen molar-refractivity contribution >= 4 is 11.9 Å². The normalized spacial score (nSPS) is 11.1. The maximum atomic E-state index is 11.7. The van der Waals surface area contributed by atoms with Gasteiger partial charge in [0, 0.05) is 32.4 Å². The molecule has 1 aromatic rings. The SMILES string of the molecule is CCCCOc1ncccc1CN=C(NCC)NCC(=O)N(C)C. The van der Waals surface area contributed by atoms with Crippen LogP contribution in [0.4, 0.5) is 0 Å². The third-order valence-corrected chi connectivity index (χ3v) is 3.24. The van der Waals surface area contributed by atoms with E-state index in [0.717, 1.165) is 24.9 Å². The van der Waals surface area contributed by atoms with Crippen molar-refractivity contribution in [3.8, 4) is 5.88 Å². The second-order valence-corrected chi connectivity index (χ2v) is 5.51. The molecule has 0 spiro atoms. The number of ether oxygens (including phenoxy) is 1. The van der Waals surface area contributed by atoms with E-state index >= 15 is 0 Å². The van der Waals surface area contributed by atoms with Gasteiger partial charge in [-0.05, 0) is 19.4 Å². The zero-order valence-corrected chi connectivity index (χ0v) is 15.1. The minimum Gasteiger partial charge on any atom is -0.477 e. The maximum Gasteiger partial charge on any atom is 0.241 e. The Morgan fingerprint density at radius 1 is 1.33 bits per heavy atom. The van der Waals surface area contributed by atoms with E-state index in [0.29, 0.717) is 25.0 Å². The molecular weight excluding hydrogens is 306 g/mol. The topological polar surface area (TPSA) is 78.9 Å². The van der Waals surface area contributed by atoms with E-state index in [9.17, 15) is 4.79 Å². The number of hydrogen-bond donors (Lipinski definition) is 2. The van der Waals surface area contributed by atoms with E-state index in [-0.39, 0.29) is 12.5 Å². The summed E-state index contributed by atoms with van der Waals surface area (Å²) in [5.41, 5.74) is 0.921. The van der Waals surface area contributed by atoms with Gasteiger partial charge in [0.15, 0.2) is 5.96 Å². The highest BCUT2D eigenvalue weighted by molar-refractivity contribution is 5.86. The van der Waals surface area contributed by atoms with Gasteiger partial charge in [0.05, 0.1) is 19.7 Å². The van der Waals surface area contributed by atoms with Crippen molar-refractivity contribution in [2.75, 3.05) is 33.8 Å². The van der Waals surface area contributed by atoms with Crippen molar-refractivity contribution in [1.29, 1.82) is 0 Å². The van der Waals surface area contributed by atoms with Gasteiger partial charge in [-0.15, -0.1) is 0 Å². The number of guanidine groups is 1. The Bertz CT molecular complexity index is 531. The van der Waals surface area contributed by atoms with Crippen LogP contribution in [0.15, 0.2) is 23.3 Å². The van der Waals surface area contributed by atoms with Crippen molar-refractivity contribution in [1.82, 2.24) is 20.5 Å². The van der Waals surface area contributed by atoms with Crippen LogP contribution >= 0.6 is 0 Å². The van der Waals surface area contributed by atoms with E-state index < -0.39 is 0 Å². The molecule has 0 aromatic carbocycles. The summed E-state index contributed by atoms with van der Waals surface area (Å²) in [5.74, 6) is 1.21. The first kappa shape index (κ1) is 19.7. The van der Waals surface area contributed by atoms with Crippen molar-refractivity contribution in [2.45, 2.75) is 33.2 Å². The van der Waals surface area contributed by atoms with Crippen LogP contribution < -0.4 is 15.4 Å². The molecule has 0 saturated heterocycles. The quantitative estimate of drug-likeness (QED) is 0.405. The van der Waals surface area contributed by atoms with Crippen molar-refractivity contribution in [3.05, 3.63) is 23.9 Å². The second-order valence-electron chi connectivity index (χ2n) is 5.51. The third-order valence-electron chi connectivity index (χ3n) is 3.24. The lowest BCUT2D eigenvalue weighted by Gasteiger charge is -2.14. The Balaban J connectivity index is 2.69. The number of nitrogens with one attached hydrogen (secondary N) is 2. The molecule has 0 aliphatic heterocycles. The molecule has 1 heterocycles. The number of hydrogen-bond acceptors (Lipinski definition) is 4. The number of aliphatic imine (C=N–C) groups is 1. The predicted octanol–water partition coefficient (Wildman–Crippen LogP) is 1.40. The molecule has 1 amide bonds. The minimum atomic E-state index is -0.00873. The molecule has 0 radical (unpaired) electrons. The number of aromatic nitrogens is 1. The molecule has 7 heteroatoms. The lowest BCUT2D eigenvalue weighted by molar-refractivity contribution is -0.127. The van der Waals surface area contributed by atoms with Gasteiger partial charge >= 0.3 is 0 Å². The minimum absolute atomic E-state index is 0.00873. The number of pyridine rings is 1. The fourth-order valence-electron chi connectivity index (χ4n) is 1.81. The van der Waals surface area contributed by atoms with Crippen LogP contribution in [0.25, 0.3) is 0 Å². The third kappa shape index (κ3) is 7.30. The first-order chi connectivity index (χ1) is 11.6. The largest absolute Gasteiger partial charge is 0.477 e. The highest BCUT2D eigenvalue weighted by atomic mass is 16.5. The molecular formula is C17H29N5O2.